The number of carbonyl (C=O) groups excluding carboxylic acids is 2. The van der Waals surface area contributed by atoms with Crippen molar-refractivity contribution in [2.45, 2.75) is 58.7 Å². The molecule has 5 nitrogen and oxygen atoms in total. The van der Waals surface area contributed by atoms with Gasteiger partial charge in [-0.15, -0.1) is 0 Å². The van der Waals surface area contributed by atoms with Gasteiger partial charge in [-0.1, -0.05) is 34.1 Å². The summed E-state index contributed by atoms with van der Waals surface area (Å²) in [5.41, 5.74) is 5.95. The maximum Gasteiger partial charge on any atom is 0.239 e. The molecule has 0 aliphatic carbocycles. The number of nitrogens with zero attached hydrogens (tertiary/aromatic N) is 1. The smallest absolute Gasteiger partial charge is 0.239 e. The summed E-state index contributed by atoms with van der Waals surface area (Å²) in [6.07, 6.45) is 1.72. The van der Waals surface area contributed by atoms with Crippen molar-refractivity contribution < 1.29 is 14.3 Å². The number of amides is 1. The van der Waals surface area contributed by atoms with Crippen LogP contribution in [0, 0.1) is 11.8 Å². The van der Waals surface area contributed by atoms with E-state index < -0.39 is 6.04 Å². The van der Waals surface area contributed by atoms with Crippen molar-refractivity contribution in [1.29, 1.82) is 0 Å². The summed E-state index contributed by atoms with van der Waals surface area (Å²) in [6.45, 7) is 7.97. The lowest BCUT2D eigenvalue weighted by Gasteiger charge is -2.38. The van der Waals surface area contributed by atoms with Crippen LogP contribution in [-0.2, 0) is 14.3 Å². The first-order valence-electron chi connectivity index (χ1n) is 7.30. The van der Waals surface area contributed by atoms with Crippen molar-refractivity contribution in [1.82, 2.24) is 4.90 Å². The first kappa shape index (κ1) is 19.1. The van der Waals surface area contributed by atoms with Crippen LogP contribution in [0.3, 0.4) is 0 Å². The number of methoxy groups -OCH3 is 1. The lowest BCUT2D eigenvalue weighted by Crippen LogP contribution is -2.54. The third-order valence-electron chi connectivity index (χ3n) is 4.04. The largest absolute Gasteiger partial charge is 0.379 e. The van der Waals surface area contributed by atoms with Gasteiger partial charge in [0.25, 0.3) is 0 Å². The van der Waals surface area contributed by atoms with Gasteiger partial charge in [-0.3, -0.25) is 4.79 Å². The van der Waals surface area contributed by atoms with Gasteiger partial charge in [0.05, 0.1) is 18.2 Å². The molecule has 118 valence electrons. The van der Waals surface area contributed by atoms with E-state index >= 15 is 0 Å². The van der Waals surface area contributed by atoms with Crippen LogP contribution >= 0.6 is 0 Å². The molecule has 4 unspecified atom stereocenters. The molecule has 5 heteroatoms. The Morgan fingerprint density at radius 1 is 1.35 bits per heavy atom. The van der Waals surface area contributed by atoms with E-state index in [2.05, 4.69) is 13.8 Å². The van der Waals surface area contributed by atoms with E-state index in [0.29, 0.717) is 0 Å². The van der Waals surface area contributed by atoms with Gasteiger partial charge in [0.1, 0.15) is 6.29 Å². The van der Waals surface area contributed by atoms with Crippen molar-refractivity contribution in [3.05, 3.63) is 0 Å². The van der Waals surface area contributed by atoms with Gasteiger partial charge in [0.15, 0.2) is 0 Å². The molecular weight excluding hydrogens is 256 g/mol. The molecule has 0 fully saturated rings. The zero-order valence-electron chi connectivity index (χ0n) is 13.6. The molecule has 0 bridgehead atoms. The Hall–Kier alpha value is -0.940. The molecule has 0 aromatic rings. The zero-order valence-corrected chi connectivity index (χ0v) is 13.6. The van der Waals surface area contributed by atoms with Crippen LogP contribution in [0.25, 0.3) is 0 Å². The first-order chi connectivity index (χ1) is 9.31. The number of ether oxygens (including phenoxy) is 1. The van der Waals surface area contributed by atoms with E-state index in [4.69, 9.17) is 10.5 Å². The minimum atomic E-state index is -0.528. The van der Waals surface area contributed by atoms with Gasteiger partial charge in [0, 0.05) is 20.6 Å². The third kappa shape index (κ3) is 4.87. The molecule has 0 radical (unpaired) electrons. The second-order valence-corrected chi connectivity index (χ2v) is 5.77. The highest BCUT2D eigenvalue weighted by atomic mass is 16.5. The van der Waals surface area contributed by atoms with E-state index in [0.717, 1.165) is 12.7 Å². The number of nitrogens with two attached hydrogens (primary N) is 1. The number of carbonyl (C=O) groups is 2. The van der Waals surface area contributed by atoms with Crippen LogP contribution in [0.1, 0.15) is 40.5 Å². The fourth-order valence-corrected chi connectivity index (χ4v) is 2.38. The standard InChI is InChI=1S/C15H30N2O3/c1-7-11(4)14(12(20-6)8-9-18)17(5)15(19)13(16)10(2)3/h9-14H,7-8,16H2,1-6H3. The lowest BCUT2D eigenvalue weighted by atomic mass is 9.90. The molecule has 0 heterocycles. The molecule has 0 aliphatic heterocycles. The van der Waals surface area contributed by atoms with Crippen LogP contribution in [0.15, 0.2) is 0 Å². The highest BCUT2D eigenvalue weighted by molar-refractivity contribution is 5.82. The van der Waals surface area contributed by atoms with Gasteiger partial charge in [-0.05, 0) is 11.8 Å². The zero-order chi connectivity index (χ0) is 15.9. The SMILES string of the molecule is CCC(C)C(C(CC=O)OC)N(C)C(=O)C(N)C(C)C. The van der Waals surface area contributed by atoms with Crippen molar-refractivity contribution in [3.63, 3.8) is 0 Å². The quantitative estimate of drug-likeness (QED) is 0.651. The molecule has 0 rings (SSSR count). The minimum Gasteiger partial charge on any atom is -0.379 e. The first-order valence-corrected chi connectivity index (χ1v) is 7.30. The van der Waals surface area contributed by atoms with E-state index in [-0.39, 0.29) is 36.3 Å². The molecule has 1 amide bonds. The molecule has 20 heavy (non-hydrogen) atoms. The summed E-state index contributed by atoms with van der Waals surface area (Å²) in [5.74, 6) is 0.209. The minimum absolute atomic E-state index is 0.0783. The fourth-order valence-electron chi connectivity index (χ4n) is 2.38. The second kappa shape index (κ2) is 9.08. The number of rotatable bonds is 9. The van der Waals surface area contributed by atoms with Crippen molar-refractivity contribution in [3.8, 4) is 0 Å². The van der Waals surface area contributed by atoms with Crippen LogP contribution in [0.2, 0.25) is 0 Å². The van der Waals surface area contributed by atoms with Crippen LogP contribution in [-0.4, -0.2) is 49.4 Å². The molecular formula is C15H30N2O3. The highest BCUT2D eigenvalue weighted by Gasteiger charge is 2.34. The number of hydrogen-bond acceptors (Lipinski definition) is 4. The summed E-state index contributed by atoms with van der Waals surface area (Å²) < 4.78 is 5.42. The molecule has 0 spiro atoms. The number of likely N-dealkylation sites (N-methyl/N-ethyl adjacent to an activating group) is 1. The number of aldehydes is 1. The summed E-state index contributed by atoms with van der Waals surface area (Å²) >= 11 is 0. The predicted octanol–water partition coefficient (Wildman–Crippen LogP) is 1.45. The monoisotopic (exact) mass is 286 g/mol. The van der Waals surface area contributed by atoms with E-state index in [1.165, 1.54) is 0 Å². The third-order valence-corrected chi connectivity index (χ3v) is 4.04. The topological polar surface area (TPSA) is 72.6 Å². The molecule has 2 N–H and O–H groups in total. The molecule has 0 saturated carbocycles. The maximum absolute atomic E-state index is 12.4. The molecule has 4 atom stereocenters. The molecule has 0 saturated heterocycles. The average molecular weight is 286 g/mol. The Morgan fingerprint density at radius 3 is 2.25 bits per heavy atom. The van der Waals surface area contributed by atoms with E-state index in [9.17, 15) is 9.59 Å². The Kier molecular flexibility index (Phi) is 8.65. The summed E-state index contributed by atoms with van der Waals surface area (Å²) in [7, 11) is 3.32. The van der Waals surface area contributed by atoms with E-state index in [1.54, 1.807) is 19.1 Å². The normalized spacial score (nSPS) is 17.4. The van der Waals surface area contributed by atoms with Crippen molar-refractivity contribution in [2.75, 3.05) is 14.2 Å². The highest BCUT2D eigenvalue weighted by Crippen LogP contribution is 2.22. The summed E-state index contributed by atoms with van der Waals surface area (Å²) in [5, 5.41) is 0. The summed E-state index contributed by atoms with van der Waals surface area (Å²) in [4.78, 5) is 24.9. The second-order valence-electron chi connectivity index (χ2n) is 5.77. The van der Waals surface area contributed by atoms with Gasteiger partial charge in [0.2, 0.25) is 5.91 Å². The molecule has 0 aromatic heterocycles. The fraction of sp³-hybridized carbons (Fsp3) is 0.867. The maximum atomic E-state index is 12.4. The number of hydrogen-bond donors (Lipinski definition) is 1. The Bertz CT molecular complexity index is 307. The Balaban J connectivity index is 5.20. The lowest BCUT2D eigenvalue weighted by molar-refractivity contribution is -0.140. The van der Waals surface area contributed by atoms with Crippen molar-refractivity contribution >= 4 is 12.2 Å². The summed E-state index contributed by atoms with van der Waals surface area (Å²) in [6, 6.07) is -0.673. The molecule has 0 aliphatic rings. The van der Waals surface area contributed by atoms with Gasteiger partial charge >= 0.3 is 0 Å². The van der Waals surface area contributed by atoms with Gasteiger partial charge in [-0.2, -0.15) is 0 Å². The molecule has 0 aromatic carbocycles. The Morgan fingerprint density at radius 2 is 1.90 bits per heavy atom. The Labute approximate surface area is 122 Å². The van der Waals surface area contributed by atoms with Crippen LogP contribution in [0.5, 0.6) is 0 Å². The van der Waals surface area contributed by atoms with Crippen LogP contribution < -0.4 is 5.73 Å². The van der Waals surface area contributed by atoms with Gasteiger partial charge in [-0.25, -0.2) is 0 Å². The van der Waals surface area contributed by atoms with Crippen LogP contribution in [0.4, 0.5) is 0 Å². The average Bonchev–Trinajstić information content (AvgIpc) is 2.44. The van der Waals surface area contributed by atoms with Crippen molar-refractivity contribution in [2.24, 2.45) is 17.6 Å². The predicted molar refractivity (Wildman–Crippen MR) is 80.3 cm³/mol. The van der Waals surface area contributed by atoms with E-state index in [1.807, 2.05) is 13.8 Å². The van der Waals surface area contributed by atoms with Gasteiger partial charge < -0.3 is 20.2 Å².